The number of carbonyl (C=O) groups excluding carboxylic acids is 2. The summed E-state index contributed by atoms with van der Waals surface area (Å²) in [6, 6.07) is 6.34. The van der Waals surface area contributed by atoms with Crippen molar-refractivity contribution < 1.29 is 14.0 Å². The van der Waals surface area contributed by atoms with E-state index in [1.165, 1.54) is 17.4 Å². The number of thiazole rings is 1. The number of likely N-dealkylation sites (tertiary alicyclic amines) is 1. The molecule has 1 atom stereocenters. The van der Waals surface area contributed by atoms with Crippen molar-refractivity contribution in [2.75, 3.05) is 13.6 Å². The van der Waals surface area contributed by atoms with Crippen LogP contribution in [0.15, 0.2) is 29.6 Å². The molecule has 5 nitrogen and oxygen atoms in total. The molecule has 1 fully saturated rings. The van der Waals surface area contributed by atoms with Crippen molar-refractivity contribution in [1.29, 1.82) is 0 Å². The molecule has 0 bridgehead atoms. The van der Waals surface area contributed by atoms with Crippen molar-refractivity contribution in [3.05, 3.63) is 51.7 Å². The van der Waals surface area contributed by atoms with Gasteiger partial charge < -0.3 is 10.2 Å². The maximum absolute atomic E-state index is 13.6. The first-order valence-corrected chi connectivity index (χ1v) is 8.13. The maximum atomic E-state index is 13.6. The van der Waals surface area contributed by atoms with Gasteiger partial charge in [-0.25, -0.2) is 9.37 Å². The summed E-state index contributed by atoms with van der Waals surface area (Å²) in [4.78, 5) is 29.5. The Balaban J connectivity index is 1.64. The zero-order valence-corrected chi connectivity index (χ0v) is 13.4. The van der Waals surface area contributed by atoms with Gasteiger partial charge in [0.25, 0.3) is 5.91 Å². The van der Waals surface area contributed by atoms with Crippen LogP contribution in [0.5, 0.6) is 0 Å². The quantitative estimate of drug-likeness (QED) is 0.928. The van der Waals surface area contributed by atoms with Gasteiger partial charge in [0.05, 0.1) is 11.0 Å². The smallest absolute Gasteiger partial charge is 0.271 e. The van der Waals surface area contributed by atoms with Crippen molar-refractivity contribution in [1.82, 2.24) is 15.2 Å². The Morgan fingerprint density at radius 3 is 2.96 bits per heavy atom. The van der Waals surface area contributed by atoms with E-state index in [1.807, 2.05) is 0 Å². The van der Waals surface area contributed by atoms with E-state index in [0.29, 0.717) is 35.7 Å². The molecule has 7 heteroatoms. The molecule has 1 aromatic heterocycles. The highest BCUT2D eigenvalue weighted by Gasteiger charge is 2.28. The molecule has 0 saturated carbocycles. The fourth-order valence-electron chi connectivity index (χ4n) is 2.52. The Morgan fingerprint density at radius 1 is 1.48 bits per heavy atom. The molecule has 2 heterocycles. The lowest BCUT2D eigenvalue weighted by molar-refractivity contribution is -0.126. The Labute approximate surface area is 137 Å². The Morgan fingerprint density at radius 2 is 2.26 bits per heavy atom. The number of rotatable bonds is 4. The first kappa shape index (κ1) is 15.6. The number of benzene rings is 1. The minimum absolute atomic E-state index is 0.0221. The molecule has 1 saturated heterocycles. The van der Waals surface area contributed by atoms with Crippen LogP contribution in [0.4, 0.5) is 4.39 Å². The first-order chi connectivity index (χ1) is 11.0. The summed E-state index contributed by atoms with van der Waals surface area (Å²) >= 11 is 1.32. The van der Waals surface area contributed by atoms with Crippen LogP contribution in [0, 0.1) is 5.82 Å². The number of nitrogens with one attached hydrogen (secondary N) is 1. The highest BCUT2D eigenvalue weighted by molar-refractivity contribution is 7.09. The van der Waals surface area contributed by atoms with Gasteiger partial charge in [-0.2, -0.15) is 0 Å². The molecule has 120 valence electrons. The third kappa shape index (κ3) is 3.56. The predicted molar refractivity (Wildman–Crippen MR) is 84.8 cm³/mol. The maximum Gasteiger partial charge on any atom is 0.271 e. The molecule has 1 aliphatic heterocycles. The minimum atomic E-state index is -0.297. The summed E-state index contributed by atoms with van der Waals surface area (Å²) in [5.41, 5.74) is 0.861. The number of hydrogen-bond donors (Lipinski definition) is 1. The van der Waals surface area contributed by atoms with Gasteiger partial charge in [0.1, 0.15) is 11.5 Å². The summed E-state index contributed by atoms with van der Waals surface area (Å²) < 4.78 is 13.6. The normalized spacial score (nSPS) is 17.6. The van der Waals surface area contributed by atoms with E-state index in [0.717, 1.165) is 0 Å². The van der Waals surface area contributed by atoms with E-state index in [2.05, 4.69) is 10.3 Å². The Kier molecular flexibility index (Phi) is 4.38. The fraction of sp³-hybridized carbons (Fsp3) is 0.312. The number of likely N-dealkylation sites (N-methyl/N-ethyl adjacent to an activating group) is 1. The molecule has 3 rings (SSSR count). The fourth-order valence-corrected chi connectivity index (χ4v) is 3.32. The molecule has 0 spiro atoms. The highest BCUT2D eigenvalue weighted by Crippen LogP contribution is 2.17. The number of amides is 2. The molecule has 2 amide bonds. The van der Waals surface area contributed by atoms with Gasteiger partial charge in [-0.15, -0.1) is 11.3 Å². The average Bonchev–Trinajstić information content (AvgIpc) is 3.09. The summed E-state index contributed by atoms with van der Waals surface area (Å²) in [7, 11) is 1.71. The van der Waals surface area contributed by atoms with E-state index in [-0.39, 0.29) is 23.7 Å². The molecule has 1 aliphatic rings. The molecule has 0 unspecified atom stereocenters. The number of halogens is 1. The van der Waals surface area contributed by atoms with Crippen molar-refractivity contribution in [2.45, 2.75) is 18.9 Å². The third-order valence-corrected chi connectivity index (χ3v) is 4.61. The monoisotopic (exact) mass is 333 g/mol. The summed E-state index contributed by atoms with van der Waals surface area (Å²) in [6.45, 7) is 0.511. The van der Waals surface area contributed by atoms with Crippen molar-refractivity contribution >= 4 is 23.2 Å². The van der Waals surface area contributed by atoms with Gasteiger partial charge in [-0.05, 0) is 11.6 Å². The van der Waals surface area contributed by atoms with E-state index in [9.17, 15) is 14.0 Å². The zero-order chi connectivity index (χ0) is 16.4. The van der Waals surface area contributed by atoms with Gasteiger partial charge in [-0.1, -0.05) is 18.2 Å². The van der Waals surface area contributed by atoms with Crippen LogP contribution in [-0.4, -0.2) is 41.3 Å². The number of hydrogen-bond acceptors (Lipinski definition) is 4. The van der Waals surface area contributed by atoms with Crippen LogP contribution in [0.1, 0.15) is 27.5 Å². The predicted octanol–water partition coefficient (Wildman–Crippen LogP) is 1.83. The van der Waals surface area contributed by atoms with Crippen molar-refractivity contribution in [3.63, 3.8) is 0 Å². The van der Waals surface area contributed by atoms with E-state index < -0.39 is 0 Å². The topological polar surface area (TPSA) is 62.3 Å². The zero-order valence-electron chi connectivity index (χ0n) is 12.6. The van der Waals surface area contributed by atoms with Crippen LogP contribution in [0.3, 0.4) is 0 Å². The lowest BCUT2D eigenvalue weighted by atomic mass is 10.1. The molecule has 0 radical (unpaired) electrons. The van der Waals surface area contributed by atoms with Crippen LogP contribution in [0.25, 0.3) is 0 Å². The van der Waals surface area contributed by atoms with E-state index >= 15 is 0 Å². The van der Waals surface area contributed by atoms with Crippen LogP contribution in [0.2, 0.25) is 0 Å². The second kappa shape index (κ2) is 6.45. The van der Waals surface area contributed by atoms with Gasteiger partial charge in [0.15, 0.2) is 0 Å². The van der Waals surface area contributed by atoms with Crippen molar-refractivity contribution in [2.24, 2.45) is 0 Å². The number of nitrogens with zero attached hydrogens (tertiary/aromatic N) is 2. The molecular weight excluding hydrogens is 317 g/mol. The lowest BCUT2D eigenvalue weighted by Gasteiger charge is -2.11. The van der Waals surface area contributed by atoms with Crippen LogP contribution >= 0.6 is 11.3 Å². The number of aromatic nitrogens is 1. The summed E-state index contributed by atoms with van der Waals surface area (Å²) in [5.74, 6) is -0.552. The molecule has 0 aliphatic carbocycles. The average molecular weight is 333 g/mol. The van der Waals surface area contributed by atoms with Gasteiger partial charge in [-0.3, -0.25) is 9.59 Å². The van der Waals surface area contributed by atoms with Crippen LogP contribution < -0.4 is 5.32 Å². The van der Waals surface area contributed by atoms with Gasteiger partial charge >= 0.3 is 0 Å². The highest BCUT2D eigenvalue weighted by atomic mass is 32.1. The number of carbonyl (C=O) groups is 2. The molecule has 1 aromatic carbocycles. The summed E-state index contributed by atoms with van der Waals surface area (Å²) in [5, 5.41) is 5.15. The molecule has 23 heavy (non-hydrogen) atoms. The Hall–Kier alpha value is -2.28. The van der Waals surface area contributed by atoms with E-state index in [1.54, 1.807) is 35.5 Å². The van der Waals surface area contributed by atoms with Crippen molar-refractivity contribution in [3.8, 4) is 0 Å². The molecule has 1 N–H and O–H groups in total. The largest absolute Gasteiger partial charge is 0.346 e. The standard InChI is InChI=1S/C16H16FN3O2S/c1-20-8-11(7-15(20)21)18-16(22)13-9-23-14(19-13)6-10-4-2-3-5-12(10)17/h2-5,9,11H,6-8H2,1H3,(H,18,22)/t11-/m1/s1. The SMILES string of the molecule is CN1C[C@H](NC(=O)c2csc(Cc3ccccc3F)n2)CC1=O. The lowest BCUT2D eigenvalue weighted by Crippen LogP contribution is -2.36. The Bertz CT molecular complexity index is 746. The van der Waals surface area contributed by atoms with Crippen LogP contribution in [-0.2, 0) is 11.2 Å². The second-order valence-electron chi connectivity index (χ2n) is 5.54. The minimum Gasteiger partial charge on any atom is -0.346 e. The summed E-state index contributed by atoms with van der Waals surface area (Å²) in [6.07, 6.45) is 0.670. The second-order valence-corrected chi connectivity index (χ2v) is 6.49. The van der Waals surface area contributed by atoms with E-state index in [4.69, 9.17) is 0 Å². The van der Waals surface area contributed by atoms with Gasteiger partial charge in [0.2, 0.25) is 5.91 Å². The third-order valence-electron chi connectivity index (χ3n) is 3.76. The van der Waals surface area contributed by atoms with Gasteiger partial charge in [0, 0.05) is 31.8 Å². The molecular formula is C16H16FN3O2S. The molecule has 2 aromatic rings. The first-order valence-electron chi connectivity index (χ1n) is 7.25.